The molecule has 0 fully saturated rings. The Labute approximate surface area is 103 Å². The Hall–Kier alpha value is -1.07. The summed E-state index contributed by atoms with van der Waals surface area (Å²) in [6, 6.07) is 7.43. The third-order valence-electron chi connectivity index (χ3n) is 2.43. The number of sulfonamides is 1. The van der Waals surface area contributed by atoms with Crippen molar-refractivity contribution in [1.29, 1.82) is 0 Å². The number of hydrogen-bond donors (Lipinski definition) is 1. The minimum atomic E-state index is -3.21. The molecule has 0 unspecified atom stereocenters. The molecule has 2 N–H and O–H groups in total. The van der Waals surface area contributed by atoms with Gasteiger partial charge < -0.3 is 5.73 Å². The molecule has 0 aromatic heterocycles. The lowest BCUT2D eigenvalue weighted by Gasteiger charge is -2.21. The van der Waals surface area contributed by atoms with Gasteiger partial charge in [0.2, 0.25) is 10.0 Å². The van der Waals surface area contributed by atoms with Crippen LogP contribution in [0.5, 0.6) is 0 Å². The molecule has 0 spiro atoms. The van der Waals surface area contributed by atoms with E-state index in [1.165, 1.54) is 10.6 Å². The average Bonchev–Trinajstić information content (AvgIpc) is 2.12. The van der Waals surface area contributed by atoms with Crippen LogP contribution in [-0.4, -0.2) is 27.3 Å². The van der Waals surface area contributed by atoms with Crippen LogP contribution >= 0.6 is 0 Å². The fourth-order valence-electron chi connectivity index (χ4n) is 1.58. The van der Waals surface area contributed by atoms with E-state index >= 15 is 0 Å². The van der Waals surface area contributed by atoms with Crippen LogP contribution in [0.4, 0.5) is 5.69 Å². The first kappa shape index (κ1) is 14.0. The van der Waals surface area contributed by atoms with Crippen LogP contribution in [0.1, 0.15) is 19.4 Å². The summed E-state index contributed by atoms with van der Waals surface area (Å²) in [6.45, 7) is 3.89. The number of nitrogens with zero attached hydrogens (tertiary/aromatic N) is 1. The molecule has 0 aliphatic carbocycles. The Morgan fingerprint density at radius 3 is 2.41 bits per heavy atom. The van der Waals surface area contributed by atoms with E-state index in [1.54, 1.807) is 13.1 Å². The normalized spacial score (nSPS) is 12.5. The van der Waals surface area contributed by atoms with Gasteiger partial charge >= 0.3 is 0 Å². The number of rotatable bonds is 4. The minimum absolute atomic E-state index is 0.303. The van der Waals surface area contributed by atoms with Gasteiger partial charge in [-0.15, -0.1) is 0 Å². The third kappa shape index (κ3) is 4.36. The monoisotopic (exact) mass is 256 g/mol. The van der Waals surface area contributed by atoms with Crippen LogP contribution in [0.2, 0.25) is 0 Å². The summed E-state index contributed by atoms with van der Waals surface area (Å²) in [4.78, 5) is 0. The summed E-state index contributed by atoms with van der Waals surface area (Å²) in [5.74, 6) is 0. The first-order valence-corrected chi connectivity index (χ1v) is 7.26. The summed E-state index contributed by atoms with van der Waals surface area (Å²) in [5.41, 5.74) is 7.34. The molecule has 0 amide bonds. The fraction of sp³-hybridized carbons (Fsp3) is 0.500. The van der Waals surface area contributed by atoms with E-state index in [1.807, 2.05) is 32.0 Å². The molecule has 5 heteroatoms. The molecule has 1 aromatic carbocycles. The minimum Gasteiger partial charge on any atom is -0.325 e. The highest BCUT2D eigenvalue weighted by Crippen LogP contribution is 2.19. The molecule has 17 heavy (non-hydrogen) atoms. The van der Waals surface area contributed by atoms with Crippen LogP contribution in [0, 0.1) is 0 Å². The zero-order valence-corrected chi connectivity index (χ0v) is 11.6. The largest absolute Gasteiger partial charge is 0.325 e. The van der Waals surface area contributed by atoms with Crippen LogP contribution in [0.25, 0.3) is 0 Å². The highest BCUT2D eigenvalue weighted by atomic mass is 32.2. The summed E-state index contributed by atoms with van der Waals surface area (Å²) >= 11 is 0. The van der Waals surface area contributed by atoms with Gasteiger partial charge in [-0.1, -0.05) is 12.1 Å². The molecule has 96 valence electrons. The molecule has 1 aromatic rings. The summed E-state index contributed by atoms with van der Waals surface area (Å²) in [5, 5.41) is 0. The molecule has 0 atom stereocenters. The number of benzene rings is 1. The molecule has 0 heterocycles. The highest BCUT2D eigenvalue weighted by molar-refractivity contribution is 7.92. The summed E-state index contributed by atoms with van der Waals surface area (Å²) in [6.07, 6.45) is 1.89. The number of anilines is 1. The predicted octanol–water partition coefficient (Wildman–Crippen LogP) is 1.36. The van der Waals surface area contributed by atoms with E-state index in [4.69, 9.17) is 5.73 Å². The lowest BCUT2D eigenvalue weighted by molar-refractivity contribution is 0.517. The van der Waals surface area contributed by atoms with E-state index in [0.29, 0.717) is 12.1 Å². The average molecular weight is 256 g/mol. The molecular formula is C12H20N2O2S. The SMILES string of the molecule is CN(c1cccc(CC(C)(C)N)c1)S(C)(=O)=O. The molecule has 0 aliphatic heterocycles. The van der Waals surface area contributed by atoms with Crippen LogP contribution < -0.4 is 10.0 Å². The standard InChI is InChI=1S/C12H20N2O2S/c1-12(2,13)9-10-6-5-7-11(8-10)14(3)17(4,15)16/h5-8H,9,13H2,1-4H3. The zero-order chi connectivity index (χ0) is 13.3. The fourth-order valence-corrected chi connectivity index (χ4v) is 2.08. The van der Waals surface area contributed by atoms with Gasteiger partial charge in [-0.3, -0.25) is 4.31 Å². The second-order valence-corrected chi connectivity index (χ2v) is 7.08. The topological polar surface area (TPSA) is 63.4 Å². The second-order valence-electron chi connectivity index (χ2n) is 5.07. The lowest BCUT2D eigenvalue weighted by Crippen LogP contribution is -2.34. The van der Waals surface area contributed by atoms with Crippen molar-refractivity contribution < 1.29 is 8.42 Å². The Bertz CT molecular complexity index is 489. The van der Waals surface area contributed by atoms with E-state index < -0.39 is 10.0 Å². The van der Waals surface area contributed by atoms with Crippen molar-refractivity contribution in [2.45, 2.75) is 25.8 Å². The first-order valence-electron chi connectivity index (χ1n) is 5.41. The Kier molecular flexibility index (Phi) is 3.84. The quantitative estimate of drug-likeness (QED) is 0.884. The van der Waals surface area contributed by atoms with E-state index in [9.17, 15) is 8.42 Å². The maximum Gasteiger partial charge on any atom is 0.231 e. The maximum atomic E-state index is 11.4. The Morgan fingerprint density at radius 1 is 1.35 bits per heavy atom. The van der Waals surface area contributed by atoms with E-state index in [-0.39, 0.29) is 5.54 Å². The van der Waals surface area contributed by atoms with E-state index in [2.05, 4.69) is 0 Å². The van der Waals surface area contributed by atoms with Crippen molar-refractivity contribution in [3.63, 3.8) is 0 Å². The highest BCUT2D eigenvalue weighted by Gasteiger charge is 2.15. The van der Waals surface area contributed by atoms with Crippen molar-refractivity contribution in [3.8, 4) is 0 Å². The Balaban J connectivity index is 3.02. The van der Waals surface area contributed by atoms with Gasteiger partial charge in [0.15, 0.2) is 0 Å². The van der Waals surface area contributed by atoms with Crippen molar-refractivity contribution >= 4 is 15.7 Å². The van der Waals surface area contributed by atoms with Gasteiger partial charge in [-0.25, -0.2) is 8.42 Å². The summed E-state index contributed by atoms with van der Waals surface area (Å²) < 4.78 is 24.1. The van der Waals surface area contributed by atoms with Gasteiger partial charge in [0.1, 0.15) is 0 Å². The molecule has 0 bridgehead atoms. The molecular weight excluding hydrogens is 236 g/mol. The van der Waals surface area contributed by atoms with Crippen molar-refractivity contribution in [1.82, 2.24) is 0 Å². The predicted molar refractivity (Wildman–Crippen MR) is 71.7 cm³/mol. The first-order chi connectivity index (χ1) is 7.59. The molecule has 4 nitrogen and oxygen atoms in total. The molecule has 1 rings (SSSR count). The molecule has 0 saturated carbocycles. The smallest absolute Gasteiger partial charge is 0.231 e. The lowest BCUT2D eigenvalue weighted by atomic mass is 9.96. The molecule has 0 radical (unpaired) electrons. The van der Waals surface area contributed by atoms with Gasteiger partial charge in [0.05, 0.1) is 11.9 Å². The van der Waals surface area contributed by atoms with Crippen LogP contribution in [0.3, 0.4) is 0 Å². The number of nitrogens with two attached hydrogens (primary N) is 1. The van der Waals surface area contributed by atoms with Crippen molar-refractivity contribution in [2.75, 3.05) is 17.6 Å². The maximum absolute atomic E-state index is 11.4. The molecule has 0 aliphatic rings. The third-order valence-corrected chi connectivity index (χ3v) is 3.64. The van der Waals surface area contributed by atoms with Crippen molar-refractivity contribution in [2.24, 2.45) is 5.73 Å². The van der Waals surface area contributed by atoms with Crippen LogP contribution in [-0.2, 0) is 16.4 Å². The number of hydrogen-bond acceptors (Lipinski definition) is 3. The Morgan fingerprint density at radius 2 is 1.94 bits per heavy atom. The molecule has 0 saturated heterocycles. The van der Waals surface area contributed by atoms with Gasteiger partial charge in [0.25, 0.3) is 0 Å². The van der Waals surface area contributed by atoms with Gasteiger partial charge in [0, 0.05) is 12.6 Å². The zero-order valence-electron chi connectivity index (χ0n) is 10.8. The van der Waals surface area contributed by atoms with Crippen LogP contribution in [0.15, 0.2) is 24.3 Å². The van der Waals surface area contributed by atoms with Gasteiger partial charge in [-0.05, 0) is 38.0 Å². The van der Waals surface area contributed by atoms with E-state index in [0.717, 1.165) is 5.56 Å². The van der Waals surface area contributed by atoms with Gasteiger partial charge in [-0.2, -0.15) is 0 Å². The second kappa shape index (κ2) is 4.66. The van der Waals surface area contributed by atoms with Crippen molar-refractivity contribution in [3.05, 3.63) is 29.8 Å². The summed E-state index contributed by atoms with van der Waals surface area (Å²) in [7, 11) is -1.67.